The molecule has 0 bridgehead atoms. The molecule has 2 atom stereocenters. The Labute approximate surface area is 264 Å². The summed E-state index contributed by atoms with van der Waals surface area (Å²) in [5.74, 6) is -2.36. The van der Waals surface area contributed by atoms with Gasteiger partial charge >= 0.3 is 5.97 Å². The summed E-state index contributed by atoms with van der Waals surface area (Å²) in [6.07, 6.45) is 2.27. The van der Waals surface area contributed by atoms with E-state index < -0.39 is 30.2 Å². The number of rotatable bonds is 13. The van der Waals surface area contributed by atoms with Crippen LogP contribution in [0.4, 0.5) is 4.39 Å². The second kappa shape index (κ2) is 14.2. The molecule has 8 heteroatoms. The van der Waals surface area contributed by atoms with E-state index in [9.17, 15) is 19.5 Å². The Kier molecular flexibility index (Phi) is 10.9. The fourth-order valence-corrected chi connectivity index (χ4v) is 6.76. The van der Waals surface area contributed by atoms with Gasteiger partial charge in [0.05, 0.1) is 17.5 Å². The molecule has 1 aliphatic heterocycles. The summed E-state index contributed by atoms with van der Waals surface area (Å²) in [6, 6.07) is 9.79. The van der Waals surface area contributed by atoms with E-state index in [1.54, 1.807) is 24.4 Å². The lowest BCUT2D eigenvalue weighted by molar-refractivity contribution is -0.137. The van der Waals surface area contributed by atoms with Crippen LogP contribution < -0.4 is 5.56 Å². The van der Waals surface area contributed by atoms with Crippen LogP contribution >= 0.6 is 11.6 Å². The maximum absolute atomic E-state index is 15.7. The highest BCUT2D eigenvalue weighted by Gasteiger charge is 2.30. The van der Waals surface area contributed by atoms with Crippen LogP contribution in [0, 0.1) is 38.4 Å². The van der Waals surface area contributed by atoms with Gasteiger partial charge in [0.15, 0.2) is 5.78 Å². The molecule has 44 heavy (non-hydrogen) atoms. The molecular formula is C36H44ClFN2O4. The number of hydrogen-bond donors (Lipinski definition) is 1. The highest BCUT2D eigenvalue weighted by molar-refractivity contribution is 6.31. The zero-order valence-electron chi connectivity index (χ0n) is 26.6. The van der Waals surface area contributed by atoms with Gasteiger partial charge in [0.1, 0.15) is 5.82 Å². The molecule has 1 unspecified atom stereocenters. The molecule has 2 heterocycles. The van der Waals surface area contributed by atoms with Gasteiger partial charge in [-0.2, -0.15) is 0 Å². The molecule has 0 spiro atoms. The minimum absolute atomic E-state index is 0.0830. The Morgan fingerprint density at radius 2 is 1.70 bits per heavy atom. The molecule has 1 saturated heterocycles. The Balaban J connectivity index is 1.71. The van der Waals surface area contributed by atoms with Crippen molar-refractivity contribution < 1.29 is 19.1 Å². The quantitative estimate of drug-likeness (QED) is 0.213. The first kappa shape index (κ1) is 33.6. The number of aryl methyl sites for hydroxylation is 3. The molecule has 4 rings (SSSR count). The first-order valence-electron chi connectivity index (χ1n) is 15.5. The third-order valence-corrected chi connectivity index (χ3v) is 9.04. The van der Waals surface area contributed by atoms with Gasteiger partial charge in [0.2, 0.25) is 0 Å². The fraction of sp³-hybridized carbons (Fsp3) is 0.472. The average Bonchev–Trinajstić information content (AvgIpc) is 2.91. The van der Waals surface area contributed by atoms with E-state index in [4.69, 9.17) is 11.6 Å². The van der Waals surface area contributed by atoms with E-state index >= 15 is 4.39 Å². The lowest BCUT2D eigenvalue weighted by Gasteiger charge is -2.37. The van der Waals surface area contributed by atoms with Crippen molar-refractivity contribution in [2.45, 2.75) is 79.2 Å². The van der Waals surface area contributed by atoms with Crippen molar-refractivity contribution in [3.8, 4) is 11.1 Å². The van der Waals surface area contributed by atoms with E-state index in [1.807, 2.05) is 52.8 Å². The number of hydrogen-bond acceptors (Lipinski definition) is 4. The van der Waals surface area contributed by atoms with Gasteiger partial charge in [-0.1, -0.05) is 50.6 Å². The molecule has 0 amide bonds. The van der Waals surface area contributed by atoms with Gasteiger partial charge in [0.25, 0.3) is 5.56 Å². The second-order valence-corrected chi connectivity index (χ2v) is 13.5. The maximum Gasteiger partial charge on any atom is 0.303 e. The van der Waals surface area contributed by atoms with Crippen molar-refractivity contribution in [1.29, 1.82) is 0 Å². The zero-order chi connectivity index (χ0) is 32.3. The number of benzene rings is 2. The number of aromatic nitrogens is 1. The van der Waals surface area contributed by atoms with Crippen molar-refractivity contribution in [1.82, 2.24) is 9.47 Å². The second-order valence-electron chi connectivity index (χ2n) is 13.1. The molecule has 1 fully saturated rings. The third-order valence-electron chi connectivity index (χ3n) is 8.77. The summed E-state index contributed by atoms with van der Waals surface area (Å²) >= 11 is 6.39. The molecule has 3 aromatic rings. The third kappa shape index (κ3) is 7.86. The fourth-order valence-electron chi connectivity index (χ4n) is 6.53. The SMILES string of the molecule is Cc1cc(=O)n(C(CC(C)C)C(=O)C[C@@H](CC(=O)O)c2cc(-c3c(C)cccc3C)cc(Cl)c2F)cc1CCN1CC(C)C1. The summed E-state index contributed by atoms with van der Waals surface area (Å²) in [5.41, 5.74) is 5.21. The summed E-state index contributed by atoms with van der Waals surface area (Å²) in [5, 5.41) is 9.70. The predicted molar refractivity (Wildman–Crippen MR) is 174 cm³/mol. The zero-order valence-corrected chi connectivity index (χ0v) is 27.4. The lowest BCUT2D eigenvalue weighted by atomic mass is 9.84. The Bertz CT molecular complexity index is 1570. The number of carboxylic acids is 1. The smallest absolute Gasteiger partial charge is 0.303 e. The van der Waals surface area contributed by atoms with Crippen molar-refractivity contribution in [3.63, 3.8) is 0 Å². The number of carbonyl (C=O) groups excluding carboxylic acids is 1. The number of Topliss-reactive ketones (excluding diaryl/α,β-unsaturated/α-hetero) is 1. The Hall–Kier alpha value is -3.29. The summed E-state index contributed by atoms with van der Waals surface area (Å²) in [6.45, 7) is 15.0. The monoisotopic (exact) mass is 622 g/mol. The molecule has 0 saturated carbocycles. The van der Waals surface area contributed by atoms with Crippen LogP contribution in [0.5, 0.6) is 0 Å². The number of carbonyl (C=O) groups is 2. The first-order chi connectivity index (χ1) is 20.7. The molecule has 0 radical (unpaired) electrons. The minimum atomic E-state index is -1.15. The van der Waals surface area contributed by atoms with Gasteiger partial charge < -0.3 is 14.6 Å². The average molecular weight is 623 g/mol. The van der Waals surface area contributed by atoms with Crippen LogP contribution in [0.3, 0.4) is 0 Å². The van der Waals surface area contributed by atoms with Crippen molar-refractivity contribution >= 4 is 23.4 Å². The number of carboxylic acid groups (broad SMARTS) is 1. The topological polar surface area (TPSA) is 79.6 Å². The highest BCUT2D eigenvalue weighted by Crippen LogP contribution is 2.38. The van der Waals surface area contributed by atoms with Crippen LogP contribution in [0.2, 0.25) is 5.02 Å². The number of aliphatic carboxylic acids is 1. The molecular weight excluding hydrogens is 579 g/mol. The largest absolute Gasteiger partial charge is 0.481 e. The summed E-state index contributed by atoms with van der Waals surface area (Å²) in [7, 11) is 0. The molecule has 0 aliphatic carbocycles. The Morgan fingerprint density at radius 3 is 2.30 bits per heavy atom. The van der Waals surface area contributed by atoms with E-state index in [2.05, 4.69) is 11.8 Å². The maximum atomic E-state index is 15.7. The van der Waals surface area contributed by atoms with Gasteiger partial charge in [-0.25, -0.2) is 4.39 Å². The van der Waals surface area contributed by atoms with Crippen LogP contribution in [0.25, 0.3) is 11.1 Å². The van der Waals surface area contributed by atoms with Crippen molar-refractivity contribution in [2.24, 2.45) is 11.8 Å². The summed E-state index contributed by atoms with van der Waals surface area (Å²) < 4.78 is 17.2. The molecule has 6 nitrogen and oxygen atoms in total. The van der Waals surface area contributed by atoms with Crippen LogP contribution in [-0.4, -0.2) is 46.0 Å². The molecule has 2 aromatic carbocycles. The van der Waals surface area contributed by atoms with E-state index in [-0.39, 0.29) is 34.3 Å². The molecule has 1 aliphatic rings. The number of halogens is 2. The van der Waals surface area contributed by atoms with Crippen molar-refractivity contribution in [2.75, 3.05) is 19.6 Å². The van der Waals surface area contributed by atoms with Crippen molar-refractivity contribution in [3.05, 3.63) is 91.6 Å². The van der Waals surface area contributed by atoms with E-state index in [0.29, 0.717) is 17.9 Å². The first-order valence-corrected chi connectivity index (χ1v) is 15.9. The minimum Gasteiger partial charge on any atom is -0.481 e. The molecule has 1 aromatic heterocycles. The van der Waals surface area contributed by atoms with E-state index in [1.165, 1.54) is 4.57 Å². The van der Waals surface area contributed by atoms with Gasteiger partial charge in [-0.3, -0.25) is 14.4 Å². The van der Waals surface area contributed by atoms with Crippen LogP contribution in [0.1, 0.15) is 79.8 Å². The van der Waals surface area contributed by atoms with Crippen LogP contribution in [0.15, 0.2) is 47.4 Å². The number of ketones is 1. The Morgan fingerprint density at radius 1 is 1.05 bits per heavy atom. The highest BCUT2D eigenvalue weighted by atomic mass is 35.5. The van der Waals surface area contributed by atoms with Gasteiger partial charge in [-0.15, -0.1) is 0 Å². The summed E-state index contributed by atoms with van der Waals surface area (Å²) in [4.78, 5) is 41.8. The van der Waals surface area contributed by atoms with Gasteiger partial charge in [0, 0.05) is 44.2 Å². The number of pyridine rings is 1. The predicted octanol–water partition coefficient (Wildman–Crippen LogP) is 7.53. The number of likely N-dealkylation sites (tertiary alicyclic amines) is 1. The normalized spacial score (nSPS) is 15.3. The molecule has 1 N–H and O–H groups in total. The van der Waals surface area contributed by atoms with Gasteiger partial charge in [-0.05, 0) is 96.5 Å². The standard InChI is InChI=1S/C36H44ClFN2O4/c1-21(2)12-31(40-20-26(25(6)13-33(40)42)10-11-39-18-22(3)19-39)32(41)16-27(17-34(43)44)29-14-28(15-30(37)36(29)38)35-23(4)8-7-9-24(35)5/h7-9,13-15,20-22,27,31H,10-12,16-19H2,1-6H3,(H,43,44)/t27-,31?/m0/s1. The lowest BCUT2D eigenvalue weighted by Crippen LogP contribution is -2.45. The molecule has 236 valence electrons. The van der Waals surface area contributed by atoms with E-state index in [0.717, 1.165) is 53.9 Å². The van der Waals surface area contributed by atoms with Crippen LogP contribution in [-0.2, 0) is 16.0 Å². The number of nitrogens with zero attached hydrogens (tertiary/aromatic N) is 2.